The fraction of sp³-hybridized carbons (Fsp3) is 0.400. The van der Waals surface area contributed by atoms with Crippen molar-refractivity contribution in [2.45, 2.75) is 40.3 Å². The lowest BCUT2D eigenvalue weighted by Crippen LogP contribution is -2.37. The zero-order valence-electron chi connectivity index (χ0n) is 21.0. The maximum Gasteiger partial charge on any atom is 0.430 e. The summed E-state index contributed by atoms with van der Waals surface area (Å²) in [4.78, 5) is 45.1. The number of alkyl halides is 3. The number of nitrogens with zero attached hydrogens (tertiary/aromatic N) is 1. The molecule has 0 aliphatic rings. The van der Waals surface area contributed by atoms with Crippen LogP contribution in [0.2, 0.25) is 0 Å². The third-order valence-electron chi connectivity index (χ3n) is 4.50. The van der Waals surface area contributed by atoms with E-state index in [1.165, 1.54) is 0 Å². The molecule has 2 rings (SSSR count). The molecule has 0 fully saturated rings. The summed E-state index contributed by atoms with van der Waals surface area (Å²) < 4.78 is 44.2. The Bertz CT molecular complexity index is 1120. The van der Waals surface area contributed by atoms with Crippen molar-refractivity contribution in [3.05, 3.63) is 53.9 Å². The second-order valence-electron chi connectivity index (χ2n) is 8.48. The summed E-state index contributed by atoms with van der Waals surface area (Å²) in [5, 5.41) is 11.7. The van der Waals surface area contributed by atoms with Gasteiger partial charge in [0.15, 0.2) is 23.9 Å². The summed E-state index contributed by atoms with van der Waals surface area (Å²) in [6.45, 7) is 7.31. The largest absolute Gasteiger partial charge is 0.542 e. The lowest BCUT2D eigenvalue weighted by molar-refractivity contribution is -0.671. The minimum absolute atomic E-state index is 0.167. The van der Waals surface area contributed by atoms with Crippen LogP contribution in [0.15, 0.2) is 42.7 Å². The van der Waals surface area contributed by atoms with Gasteiger partial charge in [-0.05, 0) is 30.2 Å². The first-order chi connectivity index (χ1) is 17.1. The summed E-state index contributed by atoms with van der Waals surface area (Å²) >= 11 is 0. The Morgan fingerprint density at radius 1 is 0.973 bits per heavy atom. The van der Waals surface area contributed by atoms with Gasteiger partial charge in [0.25, 0.3) is 5.91 Å². The van der Waals surface area contributed by atoms with Crippen molar-refractivity contribution < 1.29 is 51.5 Å². The summed E-state index contributed by atoms with van der Waals surface area (Å²) in [5.41, 5.74) is 1.41. The number of aromatic nitrogens is 1. The van der Waals surface area contributed by atoms with Crippen LogP contribution in [0.4, 0.5) is 13.2 Å². The van der Waals surface area contributed by atoms with Gasteiger partial charge in [-0.25, -0.2) is 4.57 Å². The molecule has 202 valence electrons. The van der Waals surface area contributed by atoms with Gasteiger partial charge < -0.3 is 24.7 Å². The van der Waals surface area contributed by atoms with Gasteiger partial charge in [0.2, 0.25) is 0 Å². The third-order valence-corrected chi connectivity index (χ3v) is 4.50. The molecular formula is C25H29F3N2O7. The Hall–Kier alpha value is -3.96. The number of hydrogen-bond donors (Lipinski definition) is 1. The molecule has 9 nitrogen and oxygen atoms in total. The Balaban J connectivity index is 0.000000856. The van der Waals surface area contributed by atoms with Crippen molar-refractivity contribution in [3.8, 4) is 11.5 Å². The number of hydrogen-bond acceptors (Lipinski definition) is 7. The molecular weight excluding hydrogens is 497 g/mol. The number of carboxylic acids is 1. The number of benzene rings is 1. The number of pyridine rings is 1. The smallest absolute Gasteiger partial charge is 0.430 e. The van der Waals surface area contributed by atoms with Crippen molar-refractivity contribution in [2.75, 3.05) is 6.54 Å². The van der Waals surface area contributed by atoms with Crippen molar-refractivity contribution >= 4 is 23.8 Å². The van der Waals surface area contributed by atoms with Gasteiger partial charge >= 0.3 is 18.1 Å². The van der Waals surface area contributed by atoms with E-state index in [0.29, 0.717) is 18.5 Å². The molecule has 0 saturated heterocycles. The van der Waals surface area contributed by atoms with Crippen molar-refractivity contribution in [2.24, 2.45) is 18.9 Å². The number of ether oxygens (including phenoxy) is 2. The van der Waals surface area contributed by atoms with Crippen molar-refractivity contribution in [1.82, 2.24) is 5.32 Å². The quantitative estimate of drug-likeness (QED) is 0.316. The summed E-state index contributed by atoms with van der Waals surface area (Å²) in [7, 11) is 1.85. The molecule has 0 unspecified atom stereocenters. The molecule has 1 heterocycles. The van der Waals surface area contributed by atoms with E-state index >= 15 is 0 Å². The van der Waals surface area contributed by atoms with Gasteiger partial charge in [-0.3, -0.25) is 14.4 Å². The number of aryl methyl sites for hydroxylation is 1. The second kappa shape index (κ2) is 14.0. The van der Waals surface area contributed by atoms with Crippen LogP contribution in [0.5, 0.6) is 11.5 Å². The molecule has 1 aromatic heterocycles. The Morgan fingerprint density at radius 3 is 2.00 bits per heavy atom. The molecule has 37 heavy (non-hydrogen) atoms. The van der Waals surface area contributed by atoms with Crippen molar-refractivity contribution in [3.63, 3.8) is 0 Å². The first-order valence-electron chi connectivity index (χ1n) is 11.2. The number of rotatable bonds is 8. The number of carbonyl (C=O) groups is 4. The predicted molar refractivity (Wildman–Crippen MR) is 122 cm³/mol. The van der Waals surface area contributed by atoms with Crippen LogP contribution in [-0.2, 0) is 27.9 Å². The Morgan fingerprint density at radius 2 is 1.51 bits per heavy atom. The third kappa shape index (κ3) is 11.1. The van der Waals surface area contributed by atoms with E-state index in [4.69, 9.17) is 19.4 Å². The van der Waals surface area contributed by atoms with Gasteiger partial charge in [0.1, 0.15) is 18.6 Å². The molecule has 0 radical (unpaired) electrons. The average Bonchev–Trinajstić information content (AvgIpc) is 2.80. The van der Waals surface area contributed by atoms with E-state index in [1.54, 1.807) is 68.8 Å². The van der Waals surface area contributed by atoms with Crippen LogP contribution in [0.3, 0.4) is 0 Å². The van der Waals surface area contributed by atoms with E-state index in [-0.39, 0.29) is 29.2 Å². The standard InChI is InChI=1S/C23H28N2O5.C2HF3O2/c1-15(2)22(27)29-19-9-8-17(13-20(19)30-23(28)16(3)4)10-11-24-21(26)18-7-6-12-25(5)14-18;3-2(4,5)1(6)7/h6-9,12-16H,10-11H2,1-5H3;(H,6,7). The number of nitrogens with one attached hydrogen (secondary N) is 1. The highest BCUT2D eigenvalue weighted by atomic mass is 19.4. The molecule has 1 N–H and O–H groups in total. The van der Waals surface area contributed by atoms with Gasteiger partial charge in [-0.15, -0.1) is 0 Å². The molecule has 0 spiro atoms. The van der Waals surface area contributed by atoms with Crippen molar-refractivity contribution in [1.29, 1.82) is 0 Å². The topological polar surface area (TPSA) is 126 Å². The molecule has 2 aromatic rings. The number of esters is 2. The molecule has 1 aromatic carbocycles. The Kier molecular flexibility index (Phi) is 11.7. The normalized spacial score (nSPS) is 10.9. The van der Waals surface area contributed by atoms with E-state index in [9.17, 15) is 27.6 Å². The highest BCUT2D eigenvalue weighted by molar-refractivity contribution is 5.93. The molecule has 0 bridgehead atoms. The monoisotopic (exact) mass is 526 g/mol. The maximum atomic E-state index is 12.3. The van der Waals surface area contributed by atoms with Gasteiger partial charge in [0, 0.05) is 12.6 Å². The number of aliphatic carboxylic acids is 1. The molecule has 0 atom stereocenters. The van der Waals surface area contributed by atoms with Crippen LogP contribution in [0.25, 0.3) is 0 Å². The lowest BCUT2D eigenvalue weighted by atomic mass is 10.1. The van der Waals surface area contributed by atoms with Crippen LogP contribution in [-0.4, -0.2) is 36.5 Å². The minimum Gasteiger partial charge on any atom is -0.542 e. The van der Waals surface area contributed by atoms with Crippen LogP contribution >= 0.6 is 0 Å². The minimum atomic E-state index is -5.19. The van der Waals surface area contributed by atoms with Gasteiger partial charge in [-0.1, -0.05) is 33.8 Å². The van der Waals surface area contributed by atoms with Gasteiger partial charge in [0.05, 0.1) is 11.8 Å². The van der Waals surface area contributed by atoms with E-state index in [2.05, 4.69) is 5.32 Å². The van der Waals surface area contributed by atoms with E-state index < -0.39 is 24.1 Å². The number of halogens is 3. The molecule has 0 aliphatic heterocycles. The van der Waals surface area contributed by atoms with Crippen LogP contribution in [0.1, 0.15) is 43.6 Å². The van der Waals surface area contributed by atoms with E-state index in [1.807, 2.05) is 13.2 Å². The Labute approximate surface area is 212 Å². The highest BCUT2D eigenvalue weighted by Gasteiger charge is 2.28. The lowest BCUT2D eigenvalue weighted by Gasteiger charge is -2.14. The molecule has 12 heteroatoms. The van der Waals surface area contributed by atoms with Gasteiger partial charge in [-0.2, -0.15) is 13.2 Å². The molecule has 0 aliphatic carbocycles. The van der Waals surface area contributed by atoms with Crippen LogP contribution in [0, 0.1) is 11.8 Å². The second-order valence-corrected chi connectivity index (χ2v) is 8.48. The maximum absolute atomic E-state index is 12.3. The molecule has 0 saturated carbocycles. The first kappa shape index (κ1) is 31.1. The number of carboxylic acid groups (broad SMARTS) is 1. The summed E-state index contributed by atoms with van der Waals surface area (Å²) in [6.07, 6.45) is -1.07. The van der Waals surface area contributed by atoms with Crippen LogP contribution < -0.4 is 24.5 Å². The first-order valence-corrected chi connectivity index (χ1v) is 11.2. The zero-order valence-corrected chi connectivity index (χ0v) is 21.0. The predicted octanol–water partition coefficient (Wildman–Crippen LogP) is 1.90. The zero-order chi connectivity index (χ0) is 28.3. The number of carbonyl (C=O) groups excluding carboxylic acids is 4. The fourth-order valence-corrected chi connectivity index (χ4v) is 2.47. The average molecular weight is 527 g/mol. The van der Waals surface area contributed by atoms with E-state index in [0.717, 1.165) is 5.56 Å². The summed E-state index contributed by atoms with van der Waals surface area (Å²) in [6, 6.07) is 8.61. The SMILES string of the molecule is CC(C)C(=O)Oc1ccc(CCNC(=O)c2ccc[n+](C)c2)cc1OC(=O)C(C)C.O=C([O-])C(F)(F)F. The summed E-state index contributed by atoms with van der Waals surface area (Å²) in [5.74, 6) is -4.24. The molecule has 1 amide bonds. The fourth-order valence-electron chi connectivity index (χ4n) is 2.47. The highest BCUT2D eigenvalue weighted by Crippen LogP contribution is 2.30. The number of amides is 1.